The van der Waals surface area contributed by atoms with Gasteiger partial charge in [0.05, 0.1) is 0 Å². The van der Waals surface area contributed by atoms with E-state index in [0.29, 0.717) is 6.04 Å². The molecule has 0 aliphatic rings. The van der Waals surface area contributed by atoms with E-state index >= 15 is 0 Å². The highest BCUT2D eigenvalue weighted by atomic mass is 79.9. The third kappa shape index (κ3) is 3.85. The number of aryl methyl sites for hydroxylation is 1. The van der Waals surface area contributed by atoms with Crippen molar-refractivity contribution < 1.29 is 0 Å². The molecule has 2 heterocycles. The molecule has 0 bridgehead atoms. The number of likely N-dealkylation sites (N-methyl/N-ethyl adjacent to an activating group) is 1. The fraction of sp³-hybridized carbons (Fsp3) is 0.333. The fourth-order valence-electron chi connectivity index (χ4n) is 2.22. The monoisotopic (exact) mass is 319 g/mol. The molecule has 2 aromatic rings. The van der Waals surface area contributed by atoms with Gasteiger partial charge in [0.15, 0.2) is 0 Å². The second kappa shape index (κ2) is 6.78. The largest absolute Gasteiger partial charge is 0.310 e. The third-order valence-electron chi connectivity index (χ3n) is 3.09. The number of nitrogens with zero attached hydrogens (tertiary/aromatic N) is 2. The molecule has 0 aliphatic heterocycles. The molecule has 3 nitrogen and oxygen atoms in total. The summed E-state index contributed by atoms with van der Waals surface area (Å²) in [5.41, 5.74) is 3.74. The van der Waals surface area contributed by atoms with Gasteiger partial charge in [-0.1, -0.05) is 6.92 Å². The summed E-state index contributed by atoms with van der Waals surface area (Å²) >= 11 is 3.47. The minimum Gasteiger partial charge on any atom is -0.310 e. The summed E-state index contributed by atoms with van der Waals surface area (Å²) in [6.07, 6.45) is 8.42. The third-order valence-corrected chi connectivity index (χ3v) is 3.52. The van der Waals surface area contributed by atoms with Gasteiger partial charge in [-0.25, -0.2) is 0 Å². The zero-order valence-corrected chi connectivity index (χ0v) is 12.8. The Morgan fingerprint density at radius 1 is 1.26 bits per heavy atom. The Bertz CT molecular complexity index is 542. The Morgan fingerprint density at radius 3 is 2.79 bits per heavy atom. The first-order valence-corrected chi connectivity index (χ1v) is 7.23. The van der Waals surface area contributed by atoms with Crippen molar-refractivity contribution in [3.05, 3.63) is 58.1 Å². The zero-order chi connectivity index (χ0) is 13.7. The van der Waals surface area contributed by atoms with Crippen molar-refractivity contribution >= 4 is 15.9 Å². The van der Waals surface area contributed by atoms with Gasteiger partial charge < -0.3 is 5.32 Å². The molecule has 1 N–H and O–H groups in total. The lowest BCUT2D eigenvalue weighted by Crippen LogP contribution is -2.23. The standard InChI is InChI=1S/C15H18BrN3/c1-3-19-15(14-4-5-17-8-11(14)2)7-12-6-13(16)10-18-9-12/h4-6,8-10,15,19H,3,7H2,1-2H3. The molecular weight excluding hydrogens is 302 g/mol. The molecule has 0 aromatic carbocycles. The van der Waals surface area contributed by atoms with Crippen LogP contribution in [0.3, 0.4) is 0 Å². The maximum Gasteiger partial charge on any atom is 0.0410 e. The number of pyridine rings is 2. The summed E-state index contributed by atoms with van der Waals surface area (Å²) in [7, 11) is 0. The smallest absolute Gasteiger partial charge is 0.0410 e. The van der Waals surface area contributed by atoms with E-state index in [4.69, 9.17) is 0 Å². The van der Waals surface area contributed by atoms with Crippen LogP contribution in [0.1, 0.15) is 29.7 Å². The van der Waals surface area contributed by atoms with Crippen LogP contribution in [0.5, 0.6) is 0 Å². The molecule has 2 rings (SSSR count). The molecule has 0 fully saturated rings. The van der Waals surface area contributed by atoms with Crippen molar-refractivity contribution in [2.45, 2.75) is 26.3 Å². The van der Waals surface area contributed by atoms with E-state index in [0.717, 1.165) is 17.4 Å². The van der Waals surface area contributed by atoms with E-state index in [9.17, 15) is 0 Å². The van der Waals surface area contributed by atoms with Gasteiger partial charge in [-0.05, 0) is 64.6 Å². The molecule has 19 heavy (non-hydrogen) atoms. The van der Waals surface area contributed by atoms with E-state index in [1.807, 2.05) is 24.8 Å². The number of hydrogen-bond acceptors (Lipinski definition) is 3. The van der Waals surface area contributed by atoms with E-state index in [1.165, 1.54) is 16.7 Å². The van der Waals surface area contributed by atoms with Crippen molar-refractivity contribution in [2.24, 2.45) is 0 Å². The molecule has 0 aliphatic carbocycles. The van der Waals surface area contributed by atoms with Crippen LogP contribution in [-0.4, -0.2) is 16.5 Å². The van der Waals surface area contributed by atoms with Gasteiger partial charge in [0, 0.05) is 35.3 Å². The van der Waals surface area contributed by atoms with Crippen LogP contribution < -0.4 is 5.32 Å². The molecular formula is C15H18BrN3. The Morgan fingerprint density at radius 2 is 2.11 bits per heavy atom. The lowest BCUT2D eigenvalue weighted by Gasteiger charge is -2.20. The molecule has 0 saturated carbocycles. The van der Waals surface area contributed by atoms with Gasteiger partial charge in [0.1, 0.15) is 0 Å². The number of halogens is 1. The van der Waals surface area contributed by atoms with E-state index in [2.05, 4.69) is 57.2 Å². The molecule has 1 atom stereocenters. The van der Waals surface area contributed by atoms with E-state index in [-0.39, 0.29) is 0 Å². The first-order chi connectivity index (χ1) is 9.20. The van der Waals surface area contributed by atoms with Gasteiger partial charge in [-0.3, -0.25) is 9.97 Å². The summed E-state index contributed by atoms with van der Waals surface area (Å²) in [5, 5.41) is 3.54. The van der Waals surface area contributed by atoms with Crippen LogP contribution >= 0.6 is 15.9 Å². The normalized spacial score (nSPS) is 12.4. The lowest BCUT2D eigenvalue weighted by atomic mass is 9.97. The van der Waals surface area contributed by atoms with Crippen LogP contribution in [0.25, 0.3) is 0 Å². The number of nitrogens with one attached hydrogen (secondary N) is 1. The summed E-state index contributed by atoms with van der Waals surface area (Å²) < 4.78 is 1.02. The molecule has 0 amide bonds. The second-order valence-electron chi connectivity index (χ2n) is 4.56. The van der Waals surface area contributed by atoms with Gasteiger partial charge >= 0.3 is 0 Å². The Hall–Kier alpha value is -1.26. The van der Waals surface area contributed by atoms with Crippen LogP contribution in [0.4, 0.5) is 0 Å². The Labute approximate surface area is 122 Å². The van der Waals surface area contributed by atoms with E-state index < -0.39 is 0 Å². The van der Waals surface area contributed by atoms with Gasteiger partial charge in [-0.2, -0.15) is 0 Å². The fourth-order valence-corrected chi connectivity index (χ4v) is 2.63. The molecule has 4 heteroatoms. The maximum absolute atomic E-state index is 4.23. The van der Waals surface area contributed by atoms with Crippen LogP contribution in [0.2, 0.25) is 0 Å². The second-order valence-corrected chi connectivity index (χ2v) is 5.47. The number of hydrogen-bond donors (Lipinski definition) is 1. The SMILES string of the molecule is CCNC(Cc1cncc(Br)c1)c1ccncc1C. The molecule has 2 aromatic heterocycles. The first kappa shape index (κ1) is 14.2. The predicted molar refractivity (Wildman–Crippen MR) is 81.0 cm³/mol. The zero-order valence-electron chi connectivity index (χ0n) is 11.2. The minimum absolute atomic E-state index is 0.295. The summed E-state index contributed by atoms with van der Waals surface area (Å²) in [5.74, 6) is 0. The average Bonchev–Trinajstić information content (AvgIpc) is 2.39. The topological polar surface area (TPSA) is 37.8 Å². The van der Waals surface area contributed by atoms with E-state index in [1.54, 1.807) is 0 Å². The highest BCUT2D eigenvalue weighted by Crippen LogP contribution is 2.22. The predicted octanol–water partition coefficient (Wildman–Crippen LogP) is 3.44. The molecule has 1 unspecified atom stereocenters. The van der Waals surface area contributed by atoms with Crippen LogP contribution in [-0.2, 0) is 6.42 Å². The number of rotatable bonds is 5. The first-order valence-electron chi connectivity index (χ1n) is 6.44. The van der Waals surface area contributed by atoms with Gasteiger partial charge in [0.25, 0.3) is 0 Å². The van der Waals surface area contributed by atoms with Gasteiger partial charge in [-0.15, -0.1) is 0 Å². The van der Waals surface area contributed by atoms with Crippen molar-refractivity contribution in [3.63, 3.8) is 0 Å². The highest BCUT2D eigenvalue weighted by Gasteiger charge is 2.13. The quantitative estimate of drug-likeness (QED) is 0.917. The lowest BCUT2D eigenvalue weighted by molar-refractivity contribution is 0.546. The molecule has 0 spiro atoms. The van der Waals surface area contributed by atoms with Crippen LogP contribution in [0, 0.1) is 6.92 Å². The van der Waals surface area contributed by atoms with Crippen molar-refractivity contribution in [3.8, 4) is 0 Å². The number of aromatic nitrogens is 2. The maximum atomic E-state index is 4.23. The Balaban J connectivity index is 2.24. The average molecular weight is 320 g/mol. The summed E-state index contributed by atoms with van der Waals surface area (Å²) in [4.78, 5) is 8.39. The van der Waals surface area contributed by atoms with Crippen molar-refractivity contribution in [1.82, 2.24) is 15.3 Å². The van der Waals surface area contributed by atoms with Crippen molar-refractivity contribution in [2.75, 3.05) is 6.54 Å². The minimum atomic E-state index is 0.295. The van der Waals surface area contributed by atoms with Crippen molar-refractivity contribution in [1.29, 1.82) is 0 Å². The molecule has 100 valence electrons. The summed E-state index contributed by atoms with van der Waals surface area (Å²) in [6, 6.07) is 4.51. The molecule has 0 radical (unpaired) electrons. The van der Waals surface area contributed by atoms with Gasteiger partial charge in [0.2, 0.25) is 0 Å². The molecule has 0 saturated heterocycles. The summed E-state index contributed by atoms with van der Waals surface area (Å²) in [6.45, 7) is 5.17. The highest BCUT2D eigenvalue weighted by molar-refractivity contribution is 9.10. The van der Waals surface area contributed by atoms with Crippen LogP contribution in [0.15, 0.2) is 41.4 Å². The Kier molecular flexibility index (Phi) is 5.05.